The summed E-state index contributed by atoms with van der Waals surface area (Å²) in [5.74, 6) is -1.33. The molecule has 0 aromatic carbocycles. The summed E-state index contributed by atoms with van der Waals surface area (Å²) in [6, 6.07) is 0. The summed E-state index contributed by atoms with van der Waals surface area (Å²) in [5, 5.41) is 8.81. The number of aliphatic carboxylic acids is 1. The highest BCUT2D eigenvalue weighted by atomic mass is 16.6. The molecule has 0 bridgehead atoms. The Morgan fingerprint density at radius 3 is 1.36 bits per heavy atom. The molecule has 2 fully saturated rings. The minimum Gasteiger partial charge on any atom is -0.481 e. The zero-order valence-corrected chi connectivity index (χ0v) is 22.7. The number of nitrogens with zero attached hydrogens (tertiary/aromatic N) is 2. The lowest BCUT2D eigenvalue weighted by Gasteiger charge is -2.32. The quantitative estimate of drug-likeness (QED) is 0.263. The first-order valence-corrected chi connectivity index (χ1v) is 12.0. The van der Waals surface area contributed by atoms with Gasteiger partial charge in [0.2, 0.25) is 0 Å². The lowest BCUT2D eigenvalue weighted by atomic mass is 9.97. The van der Waals surface area contributed by atoms with Crippen LogP contribution in [0.2, 0.25) is 0 Å². The summed E-state index contributed by atoms with van der Waals surface area (Å²) in [6.07, 6.45) is 1.67. The van der Waals surface area contributed by atoms with Crippen LogP contribution in [-0.2, 0) is 23.8 Å². The molecule has 0 aromatic rings. The molecule has 10 nitrogen and oxygen atoms in total. The molecule has 0 spiro atoms. The summed E-state index contributed by atoms with van der Waals surface area (Å²) >= 11 is 0. The molecule has 1 N–H and O–H groups in total. The van der Waals surface area contributed by atoms with E-state index < -0.39 is 17.2 Å². The second-order valence-electron chi connectivity index (χ2n) is 10.6. The number of esters is 1. The van der Waals surface area contributed by atoms with Crippen LogP contribution in [0.4, 0.5) is 9.59 Å². The van der Waals surface area contributed by atoms with Crippen LogP contribution in [0.5, 0.6) is 0 Å². The second kappa shape index (κ2) is 15.6. The molecule has 36 heavy (non-hydrogen) atoms. The van der Waals surface area contributed by atoms with Crippen LogP contribution in [0.3, 0.4) is 0 Å². The number of carbonyl (C=O) groups is 4. The van der Waals surface area contributed by atoms with Crippen molar-refractivity contribution < 1.29 is 38.5 Å². The van der Waals surface area contributed by atoms with E-state index in [1.807, 2.05) is 41.5 Å². The lowest BCUT2D eigenvalue weighted by Crippen LogP contribution is -2.43. The summed E-state index contributed by atoms with van der Waals surface area (Å²) in [6.45, 7) is 15.2. The molecule has 2 saturated heterocycles. The van der Waals surface area contributed by atoms with E-state index in [-0.39, 0.29) is 45.8 Å². The minimum absolute atomic E-state index is 0. The van der Waals surface area contributed by atoms with E-state index in [4.69, 9.17) is 19.3 Å². The van der Waals surface area contributed by atoms with Crippen LogP contribution < -0.4 is 0 Å². The summed E-state index contributed by atoms with van der Waals surface area (Å²) in [7, 11) is 0. The Balaban J connectivity index is 0. The third-order valence-electron chi connectivity index (χ3n) is 5.26. The number of carboxylic acids is 1. The van der Waals surface area contributed by atoms with Crippen molar-refractivity contribution in [2.45, 2.75) is 85.4 Å². The molecule has 2 aliphatic rings. The molecule has 2 rings (SSSR count). The Morgan fingerprint density at radius 2 is 1.08 bits per heavy atom. The van der Waals surface area contributed by atoms with E-state index in [0.29, 0.717) is 58.5 Å². The SMILES string of the molecule is CC(C)(C)OC(=O)N1CCC(C(=O)O)CC1.CCOC(=O)C1CCN(C(=O)OC(C)(C)C)CC1.[BH4-].[CH3-]. The number of carboxylic acid groups (broad SMARTS) is 1. The summed E-state index contributed by atoms with van der Waals surface area (Å²) < 4.78 is 15.5. The fourth-order valence-electron chi connectivity index (χ4n) is 3.52. The number of amides is 2. The highest BCUT2D eigenvalue weighted by Crippen LogP contribution is 2.21. The number of hydrogen-bond acceptors (Lipinski definition) is 7. The smallest absolute Gasteiger partial charge is 0.410 e. The van der Waals surface area contributed by atoms with Crippen LogP contribution in [-0.4, -0.2) is 91.4 Å². The first kappa shape index (κ1) is 35.7. The molecular formula is C25H49BN2O8-2. The number of piperidine rings is 2. The van der Waals surface area contributed by atoms with Crippen LogP contribution in [0, 0.1) is 19.3 Å². The Labute approximate surface area is 218 Å². The Hall–Kier alpha value is -2.46. The number of carbonyl (C=O) groups excluding carboxylic acids is 3. The summed E-state index contributed by atoms with van der Waals surface area (Å²) in [4.78, 5) is 48.9. The van der Waals surface area contributed by atoms with E-state index in [0.717, 1.165) is 0 Å². The topological polar surface area (TPSA) is 123 Å². The maximum absolute atomic E-state index is 11.8. The van der Waals surface area contributed by atoms with Gasteiger partial charge < -0.3 is 36.5 Å². The fraction of sp³-hybridized carbons (Fsp3) is 0.800. The van der Waals surface area contributed by atoms with Gasteiger partial charge in [-0.2, -0.15) is 0 Å². The van der Waals surface area contributed by atoms with E-state index in [1.165, 1.54) is 0 Å². The molecule has 11 heteroatoms. The second-order valence-corrected chi connectivity index (χ2v) is 10.6. The Morgan fingerprint density at radius 1 is 0.750 bits per heavy atom. The van der Waals surface area contributed by atoms with E-state index in [1.54, 1.807) is 16.7 Å². The summed E-state index contributed by atoms with van der Waals surface area (Å²) in [5.41, 5.74) is -0.976. The van der Waals surface area contributed by atoms with E-state index in [9.17, 15) is 19.2 Å². The van der Waals surface area contributed by atoms with Crippen molar-refractivity contribution in [1.29, 1.82) is 0 Å². The van der Waals surface area contributed by atoms with Crippen molar-refractivity contribution in [3.8, 4) is 0 Å². The molecule has 2 aliphatic heterocycles. The van der Waals surface area contributed by atoms with Gasteiger partial charge in [-0.05, 0) is 74.1 Å². The molecule has 0 saturated carbocycles. The third kappa shape index (κ3) is 13.6. The predicted octanol–water partition coefficient (Wildman–Crippen LogP) is 2.91. The molecule has 2 amide bonds. The number of hydrogen-bond donors (Lipinski definition) is 1. The standard InChI is InChI=1S/C13H23NO4.C11H19NO4.CH3.BH4/c1-5-17-11(15)10-6-8-14(9-7-10)12(16)18-13(2,3)4;1-11(2,3)16-10(15)12-6-4-8(5-7-12)9(13)14;;/h10H,5-9H2,1-4H3;8H,4-7H2,1-3H3,(H,13,14);1H3;1H4/q;;2*-1. The van der Waals surface area contributed by atoms with Crippen LogP contribution >= 0.6 is 0 Å². The first-order chi connectivity index (χ1) is 15.6. The molecule has 0 aliphatic carbocycles. The van der Waals surface area contributed by atoms with Gasteiger partial charge in [-0.15, -0.1) is 0 Å². The molecule has 0 aromatic heterocycles. The van der Waals surface area contributed by atoms with Gasteiger partial charge in [0.05, 0.1) is 18.4 Å². The van der Waals surface area contributed by atoms with Crippen molar-refractivity contribution in [2.75, 3.05) is 32.8 Å². The highest BCUT2D eigenvalue weighted by Gasteiger charge is 2.31. The van der Waals surface area contributed by atoms with Crippen molar-refractivity contribution in [1.82, 2.24) is 9.80 Å². The molecule has 0 radical (unpaired) electrons. The van der Waals surface area contributed by atoms with Gasteiger partial charge in [-0.1, -0.05) is 8.41 Å². The largest absolute Gasteiger partial charge is 0.481 e. The molecule has 0 atom stereocenters. The van der Waals surface area contributed by atoms with Crippen molar-refractivity contribution in [3.63, 3.8) is 0 Å². The van der Waals surface area contributed by atoms with Gasteiger partial charge in [0.25, 0.3) is 0 Å². The number of ether oxygens (including phenoxy) is 3. The molecule has 0 unspecified atom stereocenters. The average molecular weight is 516 g/mol. The van der Waals surface area contributed by atoms with Crippen LogP contribution in [0.15, 0.2) is 0 Å². The van der Waals surface area contributed by atoms with Crippen molar-refractivity contribution in [2.24, 2.45) is 11.8 Å². The minimum atomic E-state index is -0.774. The zero-order valence-electron chi connectivity index (χ0n) is 22.7. The molecule has 212 valence electrons. The van der Waals surface area contributed by atoms with Gasteiger partial charge >= 0.3 is 24.1 Å². The van der Waals surface area contributed by atoms with Gasteiger partial charge in [0.1, 0.15) is 11.2 Å². The highest BCUT2D eigenvalue weighted by molar-refractivity contribution is 5.75. The zero-order chi connectivity index (χ0) is 26.1. The van der Waals surface area contributed by atoms with Gasteiger partial charge in [-0.25, -0.2) is 9.59 Å². The van der Waals surface area contributed by atoms with Crippen LogP contribution in [0.1, 0.15) is 74.1 Å². The van der Waals surface area contributed by atoms with Gasteiger partial charge in [0, 0.05) is 26.2 Å². The third-order valence-corrected chi connectivity index (χ3v) is 5.26. The maximum atomic E-state index is 11.8. The Kier molecular flexibility index (Phi) is 15.5. The number of likely N-dealkylation sites (tertiary alicyclic amines) is 2. The normalized spacial score (nSPS) is 16.9. The molecular weight excluding hydrogens is 467 g/mol. The fourth-order valence-corrected chi connectivity index (χ4v) is 3.52. The van der Waals surface area contributed by atoms with Crippen molar-refractivity contribution in [3.05, 3.63) is 7.43 Å². The van der Waals surface area contributed by atoms with E-state index in [2.05, 4.69) is 0 Å². The maximum Gasteiger partial charge on any atom is 0.410 e. The average Bonchev–Trinajstić information content (AvgIpc) is 2.72. The predicted molar refractivity (Wildman–Crippen MR) is 143 cm³/mol. The first-order valence-electron chi connectivity index (χ1n) is 12.0. The Bertz CT molecular complexity index is 702. The lowest BCUT2D eigenvalue weighted by molar-refractivity contribution is -0.149. The van der Waals surface area contributed by atoms with E-state index >= 15 is 0 Å². The monoisotopic (exact) mass is 516 g/mol. The van der Waals surface area contributed by atoms with Crippen molar-refractivity contribution >= 4 is 32.5 Å². The van der Waals surface area contributed by atoms with Crippen LogP contribution in [0.25, 0.3) is 0 Å². The number of rotatable bonds is 3. The van der Waals surface area contributed by atoms with Gasteiger partial charge in [-0.3, -0.25) is 9.59 Å². The molecule has 2 heterocycles. The van der Waals surface area contributed by atoms with Gasteiger partial charge in [0.15, 0.2) is 0 Å².